The Morgan fingerprint density at radius 3 is 2.79 bits per heavy atom. The van der Waals surface area contributed by atoms with E-state index in [1.54, 1.807) is 17.9 Å². The van der Waals surface area contributed by atoms with E-state index in [0.717, 1.165) is 11.4 Å². The predicted molar refractivity (Wildman–Crippen MR) is 67.5 cm³/mol. The van der Waals surface area contributed by atoms with Gasteiger partial charge in [0.25, 0.3) is 5.91 Å². The Morgan fingerprint density at radius 2 is 2.21 bits per heavy atom. The number of carbonyl (C=O) groups excluding carboxylic acids is 1. The second-order valence-electron chi connectivity index (χ2n) is 4.15. The van der Waals surface area contributed by atoms with Gasteiger partial charge in [0.05, 0.1) is 23.6 Å². The summed E-state index contributed by atoms with van der Waals surface area (Å²) in [6.07, 6.45) is 0. The fraction of sp³-hybridized carbons (Fsp3) is 0.231. The molecule has 0 bridgehead atoms. The summed E-state index contributed by atoms with van der Waals surface area (Å²) >= 11 is 0. The molecule has 2 rings (SSSR count). The normalized spacial score (nSPS) is 10.7. The highest BCUT2D eigenvalue weighted by Gasteiger charge is 2.11. The highest BCUT2D eigenvalue weighted by Crippen LogP contribution is 2.16. The van der Waals surface area contributed by atoms with Crippen LogP contribution in [-0.2, 0) is 11.3 Å². The lowest BCUT2D eigenvalue weighted by molar-refractivity contribution is 0.0996. The lowest BCUT2D eigenvalue weighted by atomic mass is 10.2. The van der Waals surface area contributed by atoms with Crippen LogP contribution in [0.5, 0.6) is 0 Å². The van der Waals surface area contributed by atoms with E-state index >= 15 is 0 Å². The van der Waals surface area contributed by atoms with Crippen LogP contribution in [-0.4, -0.2) is 22.8 Å². The average Bonchev–Trinajstić information content (AvgIpc) is 2.70. The zero-order valence-electron chi connectivity index (χ0n) is 10.7. The van der Waals surface area contributed by atoms with Crippen molar-refractivity contribution in [2.24, 2.45) is 5.73 Å². The maximum absolute atomic E-state index is 13.7. The molecule has 0 unspecified atom stereocenters. The van der Waals surface area contributed by atoms with Crippen molar-refractivity contribution < 1.29 is 13.9 Å². The number of methoxy groups -OCH3 is 1. The number of aryl methyl sites for hydroxylation is 1. The van der Waals surface area contributed by atoms with E-state index in [4.69, 9.17) is 10.5 Å². The van der Waals surface area contributed by atoms with Gasteiger partial charge in [-0.05, 0) is 25.1 Å². The molecular formula is C13H14FN3O2. The van der Waals surface area contributed by atoms with Crippen molar-refractivity contribution in [1.29, 1.82) is 0 Å². The second kappa shape index (κ2) is 5.19. The number of halogens is 1. The molecule has 2 aromatic rings. The monoisotopic (exact) mass is 263 g/mol. The summed E-state index contributed by atoms with van der Waals surface area (Å²) in [5, 5.41) is 4.29. The third kappa shape index (κ3) is 2.63. The maximum atomic E-state index is 13.7. The Morgan fingerprint density at radius 1 is 1.47 bits per heavy atom. The Kier molecular flexibility index (Phi) is 3.62. The van der Waals surface area contributed by atoms with Gasteiger partial charge in [-0.15, -0.1) is 0 Å². The summed E-state index contributed by atoms with van der Waals surface area (Å²) < 4.78 is 20.3. The molecule has 2 N–H and O–H groups in total. The van der Waals surface area contributed by atoms with Crippen molar-refractivity contribution in [1.82, 2.24) is 9.78 Å². The number of rotatable bonds is 4. The molecule has 0 fully saturated rings. The van der Waals surface area contributed by atoms with Crippen LogP contribution >= 0.6 is 0 Å². The quantitative estimate of drug-likeness (QED) is 0.910. The number of carbonyl (C=O) groups is 1. The molecule has 1 aromatic heterocycles. The zero-order chi connectivity index (χ0) is 14.0. The number of ether oxygens (including phenoxy) is 1. The van der Waals surface area contributed by atoms with E-state index in [1.165, 1.54) is 12.1 Å². The van der Waals surface area contributed by atoms with Gasteiger partial charge < -0.3 is 10.5 Å². The van der Waals surface area contributed by atoms with Crippen LogP contribution in [0.3, 0.4) is 0 Å². The van der Waals surface area contributed by atoms with Crippen LogP contribution in [0.1, 0.15) is 21.7 Å². The van der Waals surface area contributed by atoms with Gasteiger partial charge in [-0.2, -0.15) is 5.10 Å². The summed E-state index contributed by atoms with van der Waals surface area (Å²) in [5.41, 5.74) is 7.05. The Balaban J connectivity index is 2.42. The van der Waals surface area contributed by atoms with Crippen molar-refractivity contribution in [3.8, 4) is 5.69 Å². The van der Waals surface area contributed by atoms with Crippen molar-refractivity contribution in [2.75, 3.05) is 7.11 Å². The summed E-state index contributed by atoms with van der Waals surface area (Å²) in [7, 11) is 1.58. The molecule has 0 saturated carbocycles. The molecular weight excluding hydrogens is 249 g/mol. The molecule has 100 valence electrons. The van der Waals surface area contributed by atoms with Gasteiger partial charge >= 0.3 is 0 Å². The molecule has 0 atom stereocenters. The Labute approximate surface area is 109 Å². The van der Waals surface area contributed by atoms with Gasteiger partial charge in [0.15, 0.2) is 0 Å². The highest BCUT2D eigenvalue weighted by atomic mass is 19.1. The Hall–Kier alpha value is -2.21. The number of hydrogen-bond donors (Lipinski definition) is 1. The first-order chi connectivity index (χ1) is 9.02. The first kappa shape index (κ1) is 13.2. The molecule has 1 amide bonds. The number of aromatic nitrogens is 2. The Bertz CT molecular complexity index is 622. The van der Waals surface area contributed by atoms with Crippen LogP contribution in [0.2, 0.25) is 0 Å². The van der Waals surface area contributed by atoms with Crippen LogP contribution in [0, 0.1) is 12.7 Å². The van der Waals surface area contributed by atoms with Crippen LogP contribution in [0.15, 0.2) is 24.3 Å². The molecule has 0 aliphatic heterocycles. The third-order valence-corrected chi connectivity index (χ3v) is 2.69. The summed E-state index contributed by atoms with van der Waals surface area (Å²) in [5.74, 6) is -1.45. The van der Waals surface area contributed by atoms with E-state index in [-0.39, 0.29) is 5.56 Å². The lowest BCUT2D eigenvalue weighted by Gasteiger charge is -2.06. The molecule has 19 heavy (non-hydrogen) atoms. The third-order valence-electron chi connectivity index (χ3n) is 2.69. The van der Waals surface area contributed by atoms with Crippen molar-refractivity contribution in [3.63, 3.8) is 0 Å². The number of benzene rings is 1. The fourth-order valence-corrected chi connectivity index (χ4v) is 1.85. The molecule has 0 aliphatic carbocycles. The van der Waals surface area contributed by atoms with E-state index in [0.29, 0.717) is 12.3 Å². The molecule has 0 aliphatic rings. The molecule has 0 radical (unpaired) electrons. The largest absolute Gasteiger partial charge is 0.378 e. The van der Waals surface area contributed by atoms with Gasteiger partial charge in [0, 0.05) is 18.9 Å². The first-order valence-corrected chi connectivity index (χ1v) is 5.67. The molecule has 1 aromatic carbocycles. The fourth-order valence-electron chi connectivity index (χ4n) is 1.85. The van der Waals surface area contributed by atoms with Crippen molar-refractivity contribution in [3.05, 3.63) is 47.0 Å². The molecule has 1 heterocycles. The lowest BCUT2D eigenvalue weighted by Crippen LogP contribution is -2.13. The minimum absolute atomic E-state index is 0.134. The number of nitrogens with two attached hydrogens (primary N) is 1. The van der Waals surface area contributed by atoms with E-state index < -0.39 is 11.7 Å². The van der Waals surface area contributed by atoms with Crippen molar-refractivity contribution in [2.45, 2.75) is 13.5 Å². The number of nitrogens with zero attached hydrogens (tertiary/aromatic N) is 2. The smallest absolute Gasteiger partial charge is 0.251 e. The van der Waals surface area contributed by atoms with Gasteiger partial charge in [-0.3, -0.25) is 4.79 Å². The van der Waals surface area contributed by atoms with Crippen molar-refractivity contribution >= 4 is 5.91 Å². The number of primary amides is 1. The summed E-state index contributed by atoms with van der Waals surface area (Å²) in [4.78, 5) is 11.0. The molecule has 6 heteroatoms. The van der Waals surface area contributed by atoms with Gasteiger partial charge in [0.1, 0.15) is 5.82 Å². The van der Waals surface area contributed by atoms with Crippen LogP contribution in [0.25, 0.3) is 5.69 Å². The summed E-state index contributed by atoms with van der Waals surface area (Å²) in [6.45, 7) is 2.24. The maximum Gasteiger partial charge on any atom is 0.251 e. The average molecular weight is 263 g/mol. The van der Waals surface area contributed by atoms with Gasteiger partial charge in [-0.25, -0.2) is 9.07 Å². The summed E-state index contributed by atoms with van der Waals surface area (Å²) in [6, 6.07) is 6.03. The second-order valence-corrected chi connectivity index (χ2v) is 4.15. The van der Waals surface area contributed by atoms with E-state index in [2.05, 4.69) is 5.10 Å². The molecule has 0 saturated heterocycles. The topological polar surface area (TPSA) is 70.1 Å². The van der Waals surface area contributed by atoms with E-state index in [9.17, 15) is 9.18 Å². The van der Waals surface area contributed by atoms with Gasteiger partial charge in [0.2, 0.25) is 0 Å². The van der Waals surface area contributed by atoms with E-state index in [1.807, 2.05) is 13.0 Å². The van der Waals surface area contributed by atoms with Crippen LogP contribution in [0.4, 0.5) is 4.39 Å². The highest BCUT2D eigenvalue weighted by molar-refractivity contribution is 5.93. The number of hydrogen-bond acceptors (Lipinski definition) is 3. The standard InChI is InChI=1S/C13H14FN3O2/c1-8-5-9(7-19-2)16-17(8)10-3-4-11(13(15)18)12(14)6-10/h3-6H,7H2,1-2H3,(H2,15,18). The minimum atomic E-state index is -0.790. The minimum Gasteiger partial charge on any atom is -0.378 e. The number of amides is 1. The zero-order valence-corrected chi connectivity index (χ0v) is 10.7. The first-order valence-electron chi connectivity index (χ1n) is 5.67. The predicted octanol–water partition coefficient (Wildman–Crippen LogP) is 1.57. The SMILES string of the molecule is COCc1cc(C)n(-c2ccc(C(N)=O)c(F)c2)n1. The van der Waals surface area contributed by atoms with Crippen LogP contribution < -0.4 is 5.73 Å². The molecule has 0 spiro atoms. The van der Waals surface area contributed by atoms with Gasteiger partial charge in [-0.1, -0.05) is 0 Å². The molecule has 5 nitrogen and oxygen atoms in total.